The average molecular weight is 256 g/mol. The number of nitrogens with zero attached hydrogens (tertiary/aromatic N) is 2. The molecular formula is C14H17BN2O2. The van der Waals surface area contributed by atoms with E-state index >= 15 is 0 Å². The van der Waals surface area contributed by atoms with E-state index in [1.807, 2.05) is 24.3 Å². The minimum Gasteiger partial charge on any atom is -0.396 e. The first-order valence-corrected chi connectivity index (χ1v) is 6.53. The number of hydrogen-bond donors (Lipinski definition) is 2. The van der Waals surface area contributed by atoms with Crippen molar-refractivity contribution in [2.24, 2.45) is 4.99 Å². The van der Waals surface area contributed by atoms with Gasteiger partial charge in [0.15, 0.2) is 0 Å². The van der Waals surface area contributed by atoms with Gasteiger partial charge < -0.3 is 10.2 Å². The highest BCUT2D eigenvalue weighted by Crippen LogP contribution is 2.20. The standard InChI is InChI=1S/C14H17BN2O2/c1-15(9-16)8-13(19)14-10-4-2-3-5-11(10)17-12(14)6-7-18/h2-5,12-13,18-19H,6-8H2,1H3. The number of fused-ring (bicyclic) bond motifs is 1. The summed E-state index contributed by atoms with van der Waals surface area (Å²) >= 11 is 0. The smallest absolute Gasteiger partial charge is 0.267 e. The molecule has 5 heteroatoms. The van der Waals surface area contributed by atoms with E-state index in [0.717, 1.165) is 16.1 Å². The van der Waals surface area contributed by atoms with E-state index < -0.39 is 6.10 Å². The van der Waals surface area contributed by atoms with Crippen LogP contribution >= 0.6 is 0 Å². The molecule has 98 valence electrons. The topological polar surface area (TPSA) is 76.6 Å². The summed E-state index contributed by atoms with van der Waals surface area (Å²) in [6, 6.07) is 7.49. The lowest BCUT2D eigenvalue weighted by atomic mass is 9.49. The quantitative estimate of drug-likeness (QED) is 0.714. The van der Waals surface area contributed by atoms with E-state index in [9.17, 15) is 5.11 Å². The zero-order valence-electron chi connectivity index (χ0n) is 11.0. The van der Waals surface area contributed by atoms with Crippen molar-refractivity contribution < 1.29 is 10.2 Å². The van der Waals surface area contributed by atoms with Crippen LogP contribution in [0.1, 0.15) is 6.42 Å². The molecule has 2 N–H and O–H groups in total. The van der Waals surface area contributed by atoms with Crippen molar-refractivity contribution in [3.8, 4) is 5.97 Å². The van der Waals surface area contributed by atoms with Crippen molar-refractivity contribution in [3.05, 3.63) is 34.8 Å². The third kappa shape index (κ3) is 2.86. The number of aliphatic hydroxyl groups is 2. The molecule has 1 aliphatic rings. The molecule has 0 amide bonds. The highest BCUT2D eigenvalue weighted by Gasteiger charge is 2.27. The van der Waals surface area contributed by atoms with Gasteiger partial charge in [-0.05, 0) is 24.4 Å². The molecule has 0 aromatic heterocycles. The SMILES string of the molecule is CB(C#N)CC(O)C1=c2ccccc2=NC1CCO. The summed E-state index contributed by atoms with van der Waals surface area (Å²) in [6.07, 6.45) is 0.221. The van der Waals surface area contributed by atoms with E-state index in [1.165, 1.54) is 0 Å². The van der Waals surface area contributed by atoms with Crippen LogP contribution in [0.5, 0.6) is 0 Å². The molecule has 1 aromatic carbocycles. The molecule has 2 unspecified atom stereocenters. The van der Waals surface area contributed by atoms with Crippen molar-refractivity contribution >= 4 is 12.3 Å². The third-order valence-corrected chi connectivity index (χ3v) is 3.43. The van der Waals surface area contributed by atoms with Crippen molar-refractivity contribution in [1.82, 2.24) is 0 Å². The largest absolute Gasteiger partial charge is 0.396 e. The van der Waals surface area contributed by atoms with Gasteiger partial charge in [0, 0.05) is 17.8 Å². The fraction of sp³-hybridized carbons (Fsp3) is 0.429. The van der Waals surface area contributed by atoms with Gasteiger partial charge in [0.1, 0.15) is 0 Å². The van der Waals surface area contributed by atoms with Gasteiger partial charge in [-0.15, -0.1) is 0 Å². The molecular weight excluding hydrogens is 239 g/mol. The number of para-hydroxylation sites is 1. The summed E-state index contributed by atoms with van der Waals surface area (Å²) in [6.45, 7) is 1.62. The molecule has 0 radical (unpaired) electrons. The maximum Gasteiger partial charge on any atom is 0.267 e. The molecule has 4 nitrogen and oxygen atoms in total. The summed E-state index contributed by atoms with van der Waals surface area (Å²) in [7, 11) is 0. The predicted octanol–water partition coefficient (Wildman–Crippen LogP) is -0.230. The van der Waals surface area contributed by atoms with Gasteiger partial charge in [0.2, 0.25) is 0 Å². The zero-order valence-corrected chi connectivity index (χ0v) is 11.0. The minimum absolute atomic E-state index is 0.0339. The fourth-order valence-electron chi connectivity index (χ4n) is 2.51. The summed E-state index contributed by atoms with van der Waals surface area (Å²) in [5.74, 6) is 2.14. The Kier molecular flexibility index (Phi) is 4.36. The monoisotopic (exact) mass is 256 g/mol. The van der Waals surface area contributed by atoms with Crippen LogP contribution in [0.15, 0.2) is 29.3 Å². The maximum absolute atomic E-state index is 10.4. The molecule has 1 heterocycles. The lowest BCUT2D eigenvalue weighted by Gasteiger charge is -2.18. The highest BCUT2D eigenvalue weighted by atomic mass is 16.3. The second-order valence-electron chi connectivity index (χ2n) is 4.91. The summed E-state index contributed by atoms with van der Waals surface area (Å²) in [4.78, 5) is 4.54. The number of hydrogen-bond acceptors (Lipinski definition) is 4. The van der Waals surface area contributed by atoms with E-state index in [2.05, 4.69) is 11.0 Å². The Morgan fingerprint density at radius 1 is 1.47 bits per heavy atom. The molecule has 1 aromatic rings. The molecule has 1 aliphatic heterocycles. The van der Waals surface area contributed by atoms with E-state index in [1.54, 1.807) is 6.82 Å². The normalized spacial score (nSPS) is 18.4. The van der Waals surface area contributed by atoms with Crippen molar-refractivity contribution in [3.63, 3.8) is 0 Å². The van der Waals surface area contributed by atoms with Gasteiger partial charge in [-0.1, -0.05) is 25.0 Å². The molecule has 0 bridgehead atoms. The van der Waals surface area contributed by atoms with Crippen LogP contribution in [-0.4, -0.2) is 35.7 Å². The molecule has 0 saturated heterocycles. The molecule has 0 saturated carbocycles. The molecule has 0 aliphatic carbocycles. The van der Waals surface area contributed by atoms with Gasteiger partial charge >= 0.3 is 0 Å². The van der Waals surface area contributed by atoms with E-state index in [4.69, 9.17) is 10.4 Å². The van der Waals surface area contributed by atoms with Crippen LogP contribution in [0.25, 0.3) is 5.57 Å². The lowest BCUT2D eigenvalue weighted by Crippen LogP contribution is -2.30. The van der Waals surface area contributed by atoms with E-state index in [0.29, 0.717) is 12.7 Å². The van der Waals surface area contributed by atoms with Crippen molar-refractivity contribution in [2.45, 2.75) is 31.7 Å². The number of aliphatic hydroxyl groups excluding tert-OH is 2. The molecule has 2 rings (SSSR count). The van der Waals surface area contributed by atoms with Crippen LogP contribution in [0.3, 0.4) is 0 Å². The first kappa shape index (κ1) is 13.8. The van der Waals surface area contributed by atoms with Gasteiger partial charge in [0.05, 0.1) is 17.5 Å². The first-order valence-electron chi connectivity index (χ1n) is 6.53. The fourth-order valence-corrected chi connectivity index (χ4v) is 2.51. The van der Waals surface area contributed by atoms with Crippen LogP contribution in [0, 0.1) is 11.2 Å². The third-order valence-electron chi connectivity index (χ3n) is 3.43. The van der Waals surface area contributed by atoms with Crippen LogP contribution in [-0.2, 0) is 0 Å². The first-order chi connectivity index (χ1) is 9.17. The number of nitriles is 1. The van der Waals surface area contributed by atoms with Gasteiger partial charge in [-0.3, -0.25) is 4.99 Å². The Morgan fingerprint density at radius 3 is 2.89 bits per heavy atom. The summed E-state index contributed by atoms with van der Waals surface area (Å²) in [5.41, 5.74) is 0.840. The number of rotatable bonds is 5. The Balaban J connectivity index is 2.40. The van der Waals surface area contributed by atoms with Gasteiger partial charge in [-0.25, -0.2) is 5.26 Å². The molecule has 0 spiro atoms. The van der Waals surface area contributed by atoms with Gasteiger partial charge in [0.25, 0.3) is 6.71 Å². The Bertz CT molecular complexity index is 609. The minimum atomic E-state index is -0.682. The Hall–Kier alpha value is -1.64. The van der Waals surface area contributed by atoms with Crippen LogP contribution in [0.4, 0.5) is 0 Å². The van der Waals surface area contributed by atoms with Crippen molar-refractivity contribution in [1.29, 1.82) is 5.26 Å². The molecule has 0 fully saturated rings. The molecule has 19 heavy (non-hydrogen) atoms. The summed E-state index contributed by atoms with van der Waals surface area (Å²) < 4.78 is 0. The lowest BCUT2D eigenvalue weighted by molar-refractivity contribution is 0.239. The summed E-state index contributed by atoms with van der Waals surface area (Å²) in [5, 5.41) is 30.2. The second-order valence-corrected chi connectivity index (χ2v) is 4.91. The van der Waals surface area contributed by atoms with Gasteiger partial charge in [-0.2, -0.15) is 0 Å². The maximum atomic E-state index is 10.4. The Labute approximate surface area is 112 Å². The van der Waals surface area contributed by atoms with E-state index in [-0.39, 0.29) is 19.4 Å². The van der Waals surface area contributed by atoms with Crippen molar-refractivity contribution in [2.75, 3.05) is 6.61 Å². The van der Waals surface area contributed by atoms with Crippen LogP contribution < -0.4 is 10.6 Å². The number of benzene rings is 1. The zero-order chi connectivity index (χ0) is 13.8. The average Bonchev–Trinajstić information content (AvgIpc) is 2.76. The predicted molar refractivity (Wildman–Crippen MR) is 74.2 cm³/mol. The second kappa shape index (κ2) is 6.00. The Morgan fingerprint density at radius 2 is 2.21 bits per heavy atom. The highest BCUT2D eigenvalue weighted by molar-refractivity contribution is 6.65. The van der Waals surface area contributed by atoms with Crippen LogP contribution in [0.2, 0.25) is 13.1 Å². The molecule has 2 atom stereocenters.